The lowest BCUT2D eigenvalue weighted by Gasteiger charge is -2.34. The second-order valence-electron chi connectivity index (χ2n) is 11.5. The molecule has 1 unspecified atom stereocenters. The average Bonchev–Trinajstić information content (AvgIpc) is 3.01. The van der Waals surface area contributed by atoms with Crippen LogP contribution in [0.25, 0.3) is 0 Å². The van der Waals surface area contributed by atoms with Gasteiger partial charge in [-0.1, -0.05) is 72.8 Å². The highest BCUT2D eigenvalue weighted by atomic mass is 32.2. The number of hydrogen-bond donors (Lipinski definition) is 0. The first-order valence-electron chi connectivity index (χ1n) is 15.0. The summed E-state index contributed by atoms with van der Waals surface area (Å²) in [6.07, 6.45) is 3.82. The molecule has 1 heterocycles. The van der Waals surface area contributed by atoms with Crippen LogP contribution in [0, 0.1) is 12.8 Å². The number of nitrogens with zero attached hydrogens (tertiary/aromatic N) is 3. The van der Waals surface area contributed by atoms with Gasteiger partial charge in [0.1, 0.15) is 6.09 Å². The first-order valence-corrected chi connectivity index (χ1v) is 16.5. The summed E-state index contributed by atoms with van der Waals surface area (Å²) in [5.74, 6) is 0.687. The number of carboxylic acid groups (broad SMARTS) is 1. The van der Waals surface area contributed by atoms with Gasteiger partial charge in [0.25, 0.3) is 0 Å². The van der Waals surface area contributed by atoms with E-state index in [0.717, 1.165) is 68.4 Å². The molecule has 1 fully saturated rings. The molecular weight excluding hydrogens is 546 g/mol. The van der Waals surface area contributed by atoms with E-state index in [1.54, 1.807) is 31.3 Å². The zero-order valence-corrected chi connectivity index (χ0v) is 25.7. The van der Waals surface area contributed by atoms with E-state index >= 15 is 0 Å². The third-order valence-electron chi connectivity index (χ3n) is 8.62. The van der Waals surface area contributed by atoms with Gasteiger partial charge in [0.15, 0.2) is 0 Å². The highest BCUT2D eigenvalue weighted by molar-refractivity contribution is 7.89. The van der Waals surface area contributed by atoms with Crippen molar-refractivity contribution in [3.8, 4) is 0 Å². The van der Waals surface area contributed by atoms with Crippen LogP contribution in [0.1, 0.15) is 54.7 Å². The van der Waals surface area contributed by atoms with E-state index < -0.39 is 16.1 Å². The monoisotopic (exact) mass is 590 g/mol. The lowest BCUT2D eigenvalue weighted by Crippen LogP contribution is -2.41. The van der Waals surface area contributed by atoms with Crippen molar-refractivity contribution in [2.24, 2.45) is 5.92 Å². The third-order valence-corrected chi connectivity index (χ3v) is 10.5. The highest BCUT2D eigenvalue weighted by Crippen LogP contribution is 2.27. The number of likely N-dealkylation sites (N-methyl/N-ethyl adjacent to an activating group) is 1. The standard InChI is InChI=1S/C34H45N3O4S/c1-28-12-9-10-16-31(28)27-37(34(38)39)22-11-13-29-19-23-36(24-20-29)25-21-32(30-14-5-3-6-15-30)26-35(2)42(40,41)33-17-7-4-8-18-33/h3-10,12,14-18,29,32H,11,13,19-27H2,1-2H3,(H,38,39)/p-1. The van der Waals surface area contributed by atoms with Crippen LogP contribution >= 0.6 is 0 Å². The van der Waals surface area contributed by atoms with Crippen LogP contribution < -0.4 is 5.11 Å². The summed E-state index contributed by atoms with van der Waals surface area (Å²) >= 11 is 0. The van der Waals surface area contributed by atoms with Crippen LogP contribution in [-0.4, -0.2) is 68.4 Å². The first kappa shape index (κ1) is 31.7. The number of hydrogen-bond acceptors (Lipinski definition) is 5. The number of amides is 1. The largest absolute Gasteiger partial charge is 0.530 e. The van der Waals surface area contributed by atoms with Gasteiger partial charge in [0.2, 0.25) is 10.0 Å². The summed E-state index contributed by atoms with van der Waals surface area (Å²) in [6, 6.07) is 26.7. The summed E-state index contributed by atoms with van der Waals surface area (Å²) < 4.78 is 27.9. The maximum atomic E-state index is 13.2. The fourth-order valence-electron chi connectivity index (χ4n) is 5.91. The van der Waals surface area contributed by atoms with Gasteiger partial charge >= 0.3 is 0 Å². The lowest BCUT2D eigenvalue weighted by atomic mass is 9.91. The minimum absolute atomic E-state index is 0.0938. The molecule has 1 aliphatic heterocycles. The molecule has 0 spiro atoms. The number of benzene rings is 3. The summed E-state index contributed by atoms with van der Waals surface area (Å²) in [5, 5.41) is 11.7. The third kappa shape index (κ3) is 8.90. The molecular formula is C34H44N3O4S-. The van der Waals surface area contributed by atoms with Crippen LogP contribution in [0.15, 0.2) is 89.8 Å². The second-order valence-corrected chi connectivity index (χ2v) is 13.6. The van der Waals surface area contributed by atoms with Crippen molar-refractivity contribution in [2.45, 2.75) is 56.4 Å². The number of likely N-dealkylation sites (tertiary alicyclic amines) is 1. The summed E-state index contributed by atoms with van der Waals surface area (Å²) in [4.78, 5) is 16.0. The van der Waals surface area contributed by atoms with Crippen molar-refractivity contribution in [1.29, 1.82) is 0 Å². The van der Waals surface area contributed by atoms with E-state index in [0.29, 0.717) is 30.4 Å². The van der Waals surface area contributed by atoms with E-state index in [2.05, 4.69) is 17.0 Å². The van der Waals surface area contributed by atoms with Crippen LogP contribution in [0.2, 0.25) is 0 Å². The van der Waals surface area contributed by atoms with Gasteiger partial charge in [0.05, 0.1) is 4.90 Å². The van der Waals surface area contributed by atoms with Crippen molar-refractivity contribution in [3.63, 3.8) is 0 Å². The molecule has 0 radical (unpaired) electrons. The molecule has 0 saturated carbocycles. The summed E-state index contributed by atoms with van der Waals surface area (Å²) in [5.41, 5.74) is 3.27. The number of rotatable bonds is 14. The minimum Gasteiger partial charge on any atom is -0.530 e. The molecule has 1 atom stereocenters. The molecule has 3 aromatic rings. The summed E-state index contributed by atoms with van der Waals surface area (Å²) in [7, 11) is -1.88. The van der Waals surface area contributed by atoms with Gasteiger partial charge in [-0.05, 0) is 99.3 Å². The summed E-state index contributed by atoms with van der Waals surface area (Å²) in [6.45, 7) is 6.24. The van der Waals surface area contributed by atoms with Gasteiger partial charge < -0.3 is 19.7 Å². The van der Waals surface area contributed by atoms with E-state index in [-0.39, 0.29) is 5.92 Å². The fraction of sp³-hybridized carbons (Fsp3) is 0.441. The van der Waals surface area contributed by atoms with Crippen LogP contribution in [0.5, 0.6) is 0 Å². The Hall–Kier alpha value is -3.20. The van der Waals surface area contributed by atoms with Crippen molar-refractivity contribution >= 4 is 16.1 Å². The van der Waals surface area contributed by atoms with Crippen molar-refractivity contribution in [3.05, 3.63) is 102 Å². The van der Waals surface area contributed by atoms with Crippen LogP contribution in [0.3, 0.4) is 0 Å². The maximum Gasteiger partial charge on any atom is 0.242 e. The molecule has 3 aromatic carbocycles. The number of piperidine rings is 1. The SMILES string of the molecule is Cc1ccccc1CN(CCCC1CCN(CCC(CN(C)S(=O)(=O)c2ccccc2)c2ccccc2)CC1)C(=O)[O-]. The number of aryl methyl sites for hydroxylation is 1. The first-order chi connectivity index (χ1) is 20.2. The molecule has 0 N–H and O–H groups in total. The topological polar surface area (TPSA) is 84.0 Å². The number of sulfonamides is 1. The molecule has 4 rings (SSSR count). The van der Waals surface area contributed by atoms with Crippen molar-refractivity contribution < 1.29 is 18.3 Å². The zero-order valence-electron chi connectivity index (χ0n) is 24.9. The minimum atomic E-state index is -3.56. The Bertz CT molecular complexity index is 1360. The smallest absolute Gasteiger partial charge is 0.242 e. The second kappa shape index (κ2) is 15.3. The normalized spacial score (nSPS) is 15.5. The van der Waals surface area contributed by atoms with Gasteiger partial charge in [-0.2, -0.15) is 0 Å². The van der Waals surface area contributed by atoms with Gasteiger partial charge in [-0.3, -0.25) is 0 Å². The lowest BCUT2D eigenvalue weighted by molar-refractivity contribution is -0.266. The molecule has 7 nitrogen and oxygen atoms in total. The Balaban J connectivity index is 1.25. The number of carbonyl (C=O) groups is 1. The molecule has 8 heteroatoms. The molecule has 0 aromatic heterocycles. The molecule has 42 heavy (non-hydrogen) atoms. The van der Waals surface area contributed by atoms with Crippen molar-refractivity contribution in [1.82, 2.24) is 14.1 Å². The molecule has 0 bridgehead atoms. The molecule has 226 valence electrons. The Kier molecular flexibility index (Phi) is 11.6. The Labute approximate surface area is 251 Å². The molecule has 1 saturated heterocycles. The molecule has 0 aliphatic carbocycles. The van der Waals surface area contributed by atoms with E-state index in [1.807, 2.05) is 55.5 Å². The van der Waals surface area contributed by atoms with E-state index in [1.165, 1.54) is 9.21 Å². The Morgan fingerprint density at radius 3 is 2.21 bits per heavy atom. The predicted molar refractivity (Wildman–Crippen MR) is 165 cm³/mol. The molecule has 1 aliphatic rings. The van der Waals surface area contributed by atoms with Gasteiger partial charge in [-0.15, -0.1) is 0 Å². The van der Waals surface area contributed by atoms with E-state index in [9.17, 15) is 18.3 Å². The van der Waals surface area contributed by atoms with Crippen molar-refractivity contribution in [2.75, 3.05) is 39.8 Å². The average molecular weight is 591 g/mol. The molecule has 1 amide bonds. The zero-order chi connectivity index (χ0) is 30.0. The number of carbonyl (C=O) groups excluding carboxylic acids is 1. The van der Waals surface area contributed by atoms with Crippen LogP contribution in [0.4, 0.5) is 4.79 Å². The fourth-order valence-corrected chi connectivity index (χ4v) is 7.14. The van der Waals surface area contributed by atoms with Gasteiger partial charge in [0, 0.05) is 26.7 Å². The quantitative estimate of drug-likeness (QED) is 0.260. The maximum absolute atomic E-state index is 13.2. The Morgan fingerprint density at radius 1 is 0.952 bits per heavy atom. The Morgan fingerprint density at radius 2 is 1.57 bits per heavy atom. The van der Waals surface area contributed by atoms with Crippen LogP contribution in [-0.2, 0) is 16.6 Å². The predicted octanol–water partition coefficient (Wildman–Crippen LogP) is 5.13. The van der Waals surface area contributed by atoms with E-state index in [4.69, 9.17) is 0 Å². The highest BCUT2D eigenvalue weighted by Gasteiger charge is 2.26. The van der Waals surface area contributed by atoms with Gasteiger partial charge in [-0.25, -0.2) is 12.7 Å².